The van der Waals surface area contributed by atoms with Crippen LogP contribution in [-0.2, 0) is 4.74 Å². The summed E-state index contributed by atoms with van der Waals surface area (Å²) in [5, 5.41) is 10.1. The van der Waals surface area contributed by atoms with Crippen LogP contribution < -0.4 is 0 Å². The average molecular weight is 221 g/mol. The Morgan fingerprint density at radius 1 is 1.33 bits per heavy atom. The van der Waals surface area contributed by atoms with Crippen molar-refractivity contribution in [3.63, 3.8) is 0 Å². The summed E-state index contributed by atoms with van der Waals surface area (Å²) in [4.78, 5) is 8.17. The minimum absolute atomic E-state index is 0.425. The van der Waals surface area contributed by atoms with Gasteiger partial charge in [-0.2, -0.15) is 5.26 Å². The third-order valence-corrected chi connectivity index (χ3v) is 3.54. The van der Waals surface area contributed by atoms with E-state index in [0.717, 1.165) is 31.1 Å². The molecule has 0 atom stereocenters. The van der Waals surface area contributed by atoms with E-state index in [1.807, 2.05) is 0 Å². The summed E-state index contributed by atoms with van der Waals surface area (Å²) in [5.74, 6) is 0. The molecule has 0 radical (unpaired) electrons. The van der Waals surface area contributed by atoms with Gasteiger partial charge < -0.3 is 4.74 Å². The fraction of sp³-hybridized carbons (Fsp3) is 0.500. The van der Waals surface area contributed by atoms with Crippen molar-refractivity contribution in [2.45, 2.75) is 23.1 Å². The van der Waals surface area contributed by atoms with Gasteiger partial charge in [-0.25, -0.2) is 9.97 Å². The van der Waals surface area contributed by atoms with Gasteiger partial charge in [0, 0.05) is 30.9 Å². The van der Waals surface area contributed by atoms with Gasteiger partial charge in [-0.15, -0.1) is 0 Å². The molecule has 78 valence electrons. The molecule has 0 unspecified atom stereocenters. The third kappa shape index (κ3) is 2.67. The number of hydrogen-bond donors (Lipinski definition) is 0. The van der Waals surface area contributed by atoms with Crippen LogP contribution in [0.4, 0.5) is 0 Å². The summed E-state index contributed by atoms with van der Waals surface area (Å²) in [6.45, 7) is 1.61. The Morgan fingerprint density at radius 3 is 2.80 bits per heavy atom. The molecule has 0 spiro atoms. The fourth-order valence-corrected chi connectivity index (χ4v) is 2.52. The van der Waals surface area contributed by atoms with Gasteiger partial charge >= 0.3 is 0 Å². The maximum absolute atomic E-state index is 8.86. The first-order chi connectivity index (χ1) is 7.40. The zero-order valence-corrected chi connectivity index (χ0v) is 9.04. The van der Waals surface area contributed by atoms with Crippen molar-refractivity contribution >= 4 is 11.8 Å². The van der Waals surface area contributed by atoms with Crippen LogP contribution in [0, 0.1) is 11.3 Å². The Bertz CT molecular complexity index is 371. The van der Waals surface area contributed by atoms with E-state index in [1.165, 1.54) is 0 Å². The van der Waals surface area contributed by atoms with Gasteiger partial charge in [0.15, 0.2) is 5.69 Å². The molecule has 1 saturated heterocycles. The monoisotopic (exact) mass is 221 g/mol. The molecule has 2 heterocycles. The second kappa shape index (κ2) is 5.10. The number of nitriles is 1. The van der Waals surface area contributed by atoms with Crippen molar-refractivity contribution in [1.82, 2.24) is 9.97 Å². The van der Waals surface area contributed by atoms with Gasteiger partial charge in [-0.05, 0) is 12.8 Å². The highest BCUT2D eigenvalue weighted by Gasteiger charge is 2.17. The van der Waals surface area contributed by atoms with Gasteiger partial charge in [0.05, 0.1) is 0 Å². The van der Waals surface area contributed by atoms with Gasteiger partial charge in [0.1, 0.15) is 11.1 Å². The number of thioether (sulfide) groups is 1. The molecule has 0 saturated carbocycles. The lowest BCUT2D eigenvalue weighted by Gasteiger charge is -2.20. The van der Waals surface area contributed by atoms with Crippen LogP contribution in [-0.4, -0.2) is 28.4 Å². The first-order valence-electron chi connectivity index (χ1n) is 4.85. The van der Waals surface area contributed by atoms with Crippen LogP contribution in [0.25, 0.3) is 0 Å². The van der Waals surface area contributed by atoms with E-state index in [2.05, 4.69) is 16.0 Å². The minimum atomic E-state index is 0.425. The maximum Gasteiger partial charge on any atom is 0.172 e. The Labute approximate surface area is 92.7 Å². The maximum atomic E-state index is 8.86. The van der Waals surface area contributed by atoms with E-state index in [0.29, 0.717) is 10.9 Å². The summed E-state index contributed by atoms with van der Waals surface area (Å²) < 4.78 is 5.28. The van der Waals surface area contributed by atoms with Crippen molar-refractivity contribution in [3.05, 3.63) is 18.1 Å². The molecular formula is C10H11N3OS. The van der Waals surface area contributed by atoms with E-state index in [-0.39, 0.29) is 0 Å². The molecular weight excluding hydrogens is 210 g/mol. The predicted molar refractivity (Wildman–Crippen MR) is 56.4 cm³/mol. The average Bonchev–Trinajstić information content (AvgIpc) is 2.31. The lowest BCUT2D eigenvalue weighted by molar-refractivity contribution is 0.1000. The molecule has 1 aliphatic heterocycles. The molecule has 0 bridgehead atoms. The zero-order valence-electron chi connectivity index (χ0n) is 8.22. The second-order valence-electron chi connectivity index (χ2n) is 3.25. The van der Waals surface area contributed by atoms with Gasteiger partial charge in [0.25, 0.3) is 0 Å². The topological polar surface area (TPSA) is 58.8 Å². The van der Waals surface area contributed by atoms with Crippen LogP contribution >= 0.6 is 11.8 Å². The van der Waals surface area contributed by atoms with E-state index >= 15 is 0 Å². The Balaban J connectivity index is 2.06. The lowest BCUT2D eigenvalue weighted by Crippen LogP contribution is -2.17. The summed E-state index contributed by atoms with van der Waals surface area (Å²) in [6, 6.07) is 2.06. The highest BCUT2D eigenvalue weighted by atomic mass is 32.2. The van der Waals surface area contributed by atoms with Crippen molar-refractivity contribution < 1.29 is 4.74 Å². The highest BCUT2D eigenvalue weighted by Crippen LogP contribution is 2.29. The molecule has 4 nitrogen and oxygen atoms in total. The normalized spacial score (nSPS) is 17.3. The Morgan fingerprint density at radius 2 is 2.07 bits per heavy atom. The smallest absolute Gasteiger partial charge is 0.172 e. The van der Waals surface area contributed by atoms with E-state index in [1.54, 1.807) is 24.2 Å². The summed E-state index contributed by atoms with van der Waals surface area (Å²) in [6.07, 6.45) is 5.22. The quantitative estimate of drug-likeness (QED) is 0.759. The Kier molecular flexibility index (Phi) is 3.54. The molecule has 1 aromatic heterocycles. The van der Waals surface area contributed by atoms with Crippen LogP contribution in [0.1, 0.15) is 18.5 Å². The number of aromatic nitrogens is 2. The van der Waals surface area contributed by atoms with Crippen LogP contribution in [0.5, 0.6) is 0 Å². The van der Waals surface area contributed by atoms with Crippen molar-refractivity contribution in [2.75, 3.05) is 13.2 Å². The predicted octanol–water partition coefficient (Wildman–Crippen LogP) is 1.62. The van der Waals surface area contributed by atoms with E-state index in [4.69, 9.17) is 10.00 Å². The van der Waals surface area contributed by atoms with Crippen LogP contribution in [0.3, 0.4) is 0 Å². The van der Waals surface area contributed by atoms with Crippen LogP contribution in [0.15, 0.2) is 17.4 Å². The second-order valence-corrected chi connectivity index (χ2v) is 4.54. The Hall–Kier alpha value is -1.12. The van der Waals surface area contributed by atoms with Crippen molar-refractivity contribution in [1.29, 1.82) is 5.26 Å². The van der Waals surface area contributed by atoms with Gasteiger partial charge in [-0.3, -0.25) is 0 Å². The van der Waals surface area contributed by atoms with E-state index in [9.17, 15) is 0 Å². The van der Waals surface area contributed by atoms with E-state index < -0.39 is 0 Å². The number of rotatable bonds is 2. The summed E-state index contributed by atoms with van der Waals surface area (Å²) in [5.41, 5.74) is 0.425. The molecule has 0 aromatic carbocycles. The molecule has 0 N–H and O–H groups in total. The standard InChI is InChI=1S/C10H11N3OS/c11-7-9-10(13-4-3-12-9)15-8-1-5-14-6-2-8/h3-4,8H,1-2,5-6H2. The molecule has 1 fully saturated rings. The van der Waals surface area contributed by atoms with Gasteiger partial charge in [-0.1, -0.05) is 11.8 Å². The summed E-state index contributed by atoms with van der Waals surface area (Å²) >= 11 is 1.64. The zero-order chi connectivity index (χ0) is 10.5. The summed E-state index contributed by atoms with van der Waals surface area (Å²) in [7, 11) is 0. The number of hydrogen-bond acceptors (Lipinski definition) is 5. The van der Waals surface area contributed by atoms with Crippen molar-refractivity contribution in [3.8, 4) is 6.07 Å². The SMILES string of the molecule is N#Cc1nccnc1SC1CCOCC1. The third-order valence-electron chi connectivity index (χ3n) is 2.22. The van der Waals surface area contributed by atoms with Crippen molar-refractivity contribution in [2.24, 2.45) is 0 Å². The highest BCUT2D eigenvalue weighted by molar-refractivity contribution is 7.99. The number of ether oxygens (including phenoxy) is 1. The number of nitrogens with zero attached hydrogens (tertiary/aromatic N) is 3. The first-order valence-corrected chi connectivity index (χ1v) is 5.73. The molecule has 15 heavy (non-hydrogen) atoms. The fourth-order valence-electron chi connectivity index (χ4n) is 1.44. The molecule has 1 aromatic rings. The molecule has 1 aliphatic rings. The first kappa shape index (κ1) is 10.4. The molecule has 5 heteroatoms. The molecule has 0 amide bonds. The molecule has 2 rings (SSSR count). The lowest BCUT2D eigenvalue weighted by atomic mass is 10.2. The van der Waals surface area contributed by atoms with Crippen LogP contribution in [0.2, 0.25) is 0 Å². The molecule has 0 aliphatic carbocycles. The minimum Gasteiger partial charge on any atom is -0.381 e. The van der Waals surface area contributed by atoms with Gasteiger partial charge in [0.2, 0.25) is 0 Å². The largest absolute Gasteiger partial charge is 0.381 e.